The van der Waals surface area contributed by atoms with Crippen molar-refractivity contribution in [3.05, 3.63) is 53.7 Å². The van der Waals surface area contributed by atoms with E-state index >= 15 is 0 Å². The topological polar surface area (TPSA) is 87.6 Å². The van der Waals surface area contributed by atoms with E-state index in [2.05, 4.69) is 27.5 Å². The average Bonchev–Trinajstić information content (AvgIpc) is 2.52. The van der Waals surface area contributed by atoms with Crippen LogP contribution < -0.4 is 10.6 Å². The molecule has 2 aromatic rings. The molecule has 0 fully saturated rings. The van der Waals surface area contributed by atoms with Gasteiger partial charge in [0.05, 0.1) is 11.8 Å². The van der Waals surface area contributed by atoms with Crippen molar-refractivity contribution in [2.75, 3.05) is 18.5 Å². The number of aromatic nitrogens is 2. The fraction of sp³-hybridized carbons (Fsp3) is 0.214. The van der Waals surface area contributed by atoms with E-state index in [4.69, 9.17) is 10.9 Å². The molecule has 1 aromatic carbocycles. The van der Waals surface area contributed by atoms with Gasteiger partial charge in [-0.2, -0.15) is 5.10 Å². The first-order valence-corrected chi connectivity index (χ1v) is 6.27. The first-order valence-electron chi connectivity index (χ1n) is 6.27. The van der Waals surface area contributed by atoms with Gasteiger partial charge in [-0.25, -0.2) is 0 Å². The van der Waals surface area contributed by atoms with Crippen LogP contribution >= 0.6 is 0 Å². The fourth-order valence-electron chi connectivity index (χ4n) is 1.91. The molecule has 0 radical (unpaired) electrons. The van der Waals surface area contributed by atoms with E-state index < -0.39 is 0 Å². The lowest BCUT2D eigenvalue weighted by Crippen LogP contribution is -2.26. The monoisotopic (exact) mass is 271 g/mol. The summed E-state index contributed by atoms with van der Waals surface area (Å²) in [6.45, 7) is 0.758. The number of hydrogen-bond donors (Lipinski definition) is 2. The summed E-state index contributed by atoms with van der Waals surface area (Å²) in [5, 5.41) is 19.7. The lowest BCUT2D eigenvalue weighted by Gasteiger charge is -2.19. The predicted molar refractivity (Wildman–Crippen MR) is 78.0 cm³/mol. The van der Waals surface area contributed by atoms with Crippen molar-refractivity contribution in [3.63, 3.8) is 0 Å². The number of nitrogens with zero attached hydrogens (tertiary/aromatic N) is 4. The molecule has 0 bridgehead atoms. The minimum atomic E-state index is 0.0291. The molecule has 6 nitrogen and oxygen atoms in total. The highest BCUT2D eigenvalue weighted by atomic mass is 16.4. The molecule has 1 heterocycles. The lowest BCUT2D eigenvalue weighted by atomic mass is 10.1. The number of likely N-dealkylation sites (N-methyl/N-ethyl adjacent to an activating group) is 1. The Kier molecular flexibility index (Phi) is 4.49. The Bertz CT molecular complexity index is 585. The number of benzene rings is 1. The van der Waals surface area contributed by atoms with Crippen molar-refractivity contribution in [2.45, 2.75) is 6.42 Å². The van der Waals surface area contributed by atoms with Crippen LogP contribution in [0.3, 0.4) is 0 Å². The summed E-state index contributed by atoms with van der Waals surface area (Å²) < 4.78 is 0. The van der Waals surface area contributed by atoms with Crippen LogP contribution in [0.25, 0.3) is 0 Å². The molecule has 0 amide bonds. The molecule has 104 valence electrons. The number of nitrogens with two attached hydrogens (primary N) is 1. The summed E-state index contributed by atoms with van der Waals surface area (Å²) in [6, 6.07) is 11.9. The summed E-state index contributed by atoms with van der Waals surface area (Å²) in [5.74, 6) is 0.625. The van der Waals surface area contributed by atoms with Crippen LogP contribution in [0.5, 0.6) is 0 Å². The quantitative estimate of drug-likeness (QED) is 0.370. The first-order chi connectivity index (χ1) is 9.72. The number of oxime groups is 1. The second-order valence-electron chi connectivity index (χ2n) is 4.41. The largest absolute Gasteiger partial charge is 0.409 e. The smallest absolute Gasteiger partial charge is 0.173 e. The number of anilines is 1. The van der Waals surface area contributed by atoms with Crippen molar-refractivity contribution in [1.82, 2.24) is 10.2 Å². The molecule has 6 heteroatoms. The van der Waals surface area contributed by atoms with Crippen LogP contribution in [0.2, 0.25) is 0 Å². The molecule has 1 aromatic heterocycles. The van der Waals surface area contributed by atoms with Crippen molar-refractivity contribution in [3.8, 4) is 0 Å². The molecule has 3 N–H and O–H groups in total. The third kappa shape index (κ3) is 3.23. The Morgan fingerprint density at radius 2 is 2.05 bits per heavy atom. The Hall–Kier alpha value is -2.63. The maximum atomic E-state index is 8.80. The molecule has 2 rings (SSSR count). The average molecular weight is 271 g/mol. The van der Waals surface area contributed by atoms with Gasteiger partial charge in [-0.05, 0) is 18.1 Å². The zero-order chi connectivity index (χ0) is 14.4. The molecule has 0 spiro atoms. The number of amidine groups is 1. The van der Waals surface area contributed by atoms with E-state index in [-0.39, 0.29) is 5.84 Å². The van der Waals surface area contributed by atoms with Gasteiger partial charge in [-0.15, -0.1) is 5.10 Å². The second-order valence-corrected chi connectivity index (χ2v) is 4.41. The summed E-state index contributed by atoms with van der Waals surface area (Å²) in [6.07, 6.45) is 2.39. The van der Waals surface area contributed by atoms with E-state index in [1.807, 2.05) is 30.1 Å². The van der Waals surface area contributed by atoms with Gasteiger partial charge in [0.15, 0.2) is 11.7 Å². The van der Waals surface area contributed by atoms with Crippen molar-refractivity contribution in [2.24, 2.45) is 10.9 Å². The van der Waals surface area contributed by atoms with Crippen molar-refractivity contribution < 1.29 is 5.21 Å². The van der Waals surface area contributed by atoms with E-state index in [0.717, 1.165) is 13.0 Å². The molecule has 0 unspecified atom stereocenters. The van der Waals surface area contributed by atoms with Crippen LogP contribution in [0.15, 0.2) is 47.8 Å². The van der Waals surface area contributed by atoms with Gasteiger partial charge in [-0.1, -0.05) is 35.5 Å². The third-order valence-electron chi connectivity index (χ3n) is 3.03. The summed E-state index contributed by atoms with van der Waals surface area (Å²) in [5.41, 5.74) is 7.46. The Morgan fingerprint density at radius 3 is 2.75 bits per heavy atom. The van der Waals surface area contributed by atoms with E-state index in [9.17, 15) is 0 Å². The van der Waals surface area contributed by atoms with E-state index in [1.165, 1.54) is 11.8 Å². The molecule has 0 saturated heterocycles. The number of hydrogen-bond acceptors (Lipinski definition) is 5. The minimum absolute atomic E-state index is 0.0291. The van der Waals surface area contributed by atoms with Crippen LogP contribution in [0, 0.1) is 0 Å². The SMILES string of the molecule is CN(CCc1ccccc1)c1nnccc1/C(N)=N/O. The van der Waals surface area contributed by atoms with Crippen molar-refractivity contribution in [1.29, 1.82) is 0 Å². The normalized spacial score (nSPS) is 11.3. The zero-order valence-electron chi connectivity index (χ0n) is 11.3. The van der Waals surface area contributed by atoms with Crippen LogP contribution in [-0.4, -0.2) is 34.8 Å². The van der Waals surface area contributed by atoms with Crippen LogP contribution in [-0.2, 0) is 6.42 Å². The summed E-state index contributed by atoms with van der Waals surface area (Å²) >= 11 is 0. The molecule has 0 saturated carbocycles. The van der Waals surface area contributed by atoms with E-state index in [1.54, 1.807) is 6.07 Å². The molecule has 20 heavy (non-hydrogen) atoms. The van der Waals surface area contributed by atoms with Crippen molar-refractivity contribution >= 4 is 11.7 Å². The minimum Gasteiger partial charge on any atom is -0.409 e. The number of rotatable bonds is 5. The van der Waals surface area contributed by atoms with Crippen LogP contribution in [0.4, 0.5) is 5.82 Å². The summed E-state index contributed by atoms with van der Waals surface area (Å²) in [4.78, 5) is 1.94. The highest BCUT2D eigenvalue weighted by Gasteiger charge is 2.12. The third-order valence-corrected chi connectivity index (χ3v) is 3.03. The van der Waals surface area contributed by atoms with Gasteiger partial charge in [0.2, 0.25) is 0 Å². The molecule has 0 aliphatic heterocycles. The lowest BCUT2D eigenvalue weighted by molar-refractivity contribution is 0.318. The van der Waals surface area contributed by atoms with E-state index in [0.29, 0.717) is 11.4 Å². The zero-order valence-corrected chi connectivity index (χ0v) is 11.3. The van der Waals surface area contributed by atoms with Gasteiger partial charge in [0, 0.05) is 13.6 Å². The maximum absolute atomic E-state index is 8.80. The maximum Gasteiger partial charge on any atom is 0.173 e. The molecule has 0 atom stereocenters. The van der Waals surface area contributed by atoms with Gasteiger partial charge in [0.25, 0.3) is 0 Å². The second kappa shape index (κ2) is 6.51. The Balaban J connectivity index is 2.11. The Labute approximate surface area is 117 Å². The van der Waals surface area contributed by atoms with Gasteiger partial charge >= 0.3 is 0 Å². The Morgan fingerprint density at radius 1 is 1.30 bits per heavy atom. The molecule has 0 aliphatic carbocycles. The standard InChI is InChI=1S/C14H17N5O/c1-19(10-8-11-5-3-2-4-6-11)14-12(13(15)18-20)7-9-16-17-14/h2-7,9,20H,8,10H2,1H3,(H2,15,18). The molecular formula is C14H17N5O. The van der Waals surface area contributed by atoms with Gasteiger partial charge in [-0.3, -0.25) is 0 Å². The highest BCUT2D eigenvalue weighted by Crippen LogP contribution is 2.15. The van der Waals surface area contributed by atoms with Crippen LogP contribution in [0.1, 0.15) is 11.1 Å². The molecular weight excluding hydrogens is 254 g/mol. The first kappa shape index (κ1) is 13.8. The fourth-order valence-corrected chi connectivity index (χ4v) is 1.91. The summed E-state index contributed by atoms with van der Waals surface area (Å²) in [7, 11) is 1.90. The van der Waals surface area contributed by atoms with Gasteiger partial charge < -0.3 is 15.8 Å². The molecule has 0 aliphatic rings. The van der Waals surface area contributed by atoms with Gasteiger partial charge in [0.1, 0.15) is 0 Å². The highest BCUT2D eigenvalue weighted by molar-refractivity contribution is 6.01. The predicted octanol–water partition coefficient (Wildman–Crippen LogP) is 1.25.